The third kappa shape index (κ3) is 2.09. The number of ether oxygens (including phenoxy) is 1. The van der Waals surface area contributed by atoms with Gasteiger partial charge >= 0.3 is 0 Å². The van der Waals surface area contributed by atoms with Gasteiger partial charge < -0.3 is 20.7 Å². The highest BCUT2D eigenvalue weighted by molar-refractivity contribution is 5.26. The second-order valence-electron chi connectivity index (χ2n) is 3.08. The van der Waals surface area contributed by atoms with Crippen LogP contribution in [0.15, 0.2) is 23.5 Å². The average Bonchev–Trinajstić information content (AvgIpc) is 2.12. The highest BCUT2D eigenvalue weighted by Gasteiger charge is 2.34. The fraction of sp³-hybridized carbons (Fsp3) is 0.556. The van der Waals surface area contributed by atoms with E-state index in [2.05, 4.69) is 0 Å². The number of rotatable bonds is 3. The molecule has 1 aliphatic rings. The summed E-state index contributed by atoms with van der Waals surface area (Å²) in [5, 5.41) is 19.0. The van der Waals surface area contributed by atoms with Crippen molar-refractivity contribution < 1.29 is 14.9 Å². The first-order chi connectivity index (χ1) is 6.12. The maximum atomic E-state index is 9.72. The molecule has 0 aliphatic heterocycles. The summed E-state index contributed by atoms with van der Waals surface area (Å²) in [7, 11) is 1.36. The first-order valence-corrected chi connectivity index (χ1v) is 4.19. The van der Waals surface area contributed by atoms with E-state index in [9.17, 15) is 10.2 Å². The van der Waals surface area contributed by atoms with Gasteiger partial charge in [-0.2, -0.15) is 0 Å². The zero-order valence-electron chi connectivity index (χ0n) is 7.66. The van der Waals surface area contributed by atoms with Crippen LogP contribution in [0.4, 0.5) is 0 Å². The molecule has 0 aromatic rings. The van der Waals surface area contributed by atoms with Crippen LogP contribution in [-0.4, -0.2) is 29.7 Å². The van der Waals surface area contributed by atoms with Crippen molar-refractivity contribution in [1.29, 1.82) is 0 Å². The maximum absolute atomic E-state index is 9.72. The Bertz CT molecular complexity index is 247. The summed E-state index contributed by atoms with van der Waals surface area (Å²) < 4.78 is 4.82. The fourth-order valence-corrected chi connectivity index (χ4v) is 1.32. The summed E-state index contributed by atoms with van der Waals surface area (Å²) in [6.07, 6.45) is 4.19. The predicted octanol–water partition coefficient (Wildman–Crippen LogP) is 0.442. The van der Waals surface area contributed by atoms with Crippen molar-refractivity contribution in [2.45, 2.75) is 18.6 Å². The summed E-state index contributed by atoms with van der Waals surface area (Å²) in [6.45, 7) is 0.528. The largest absolute Gasteiger partial charge is 0.507 e. The molecular formula is C9H15NO3. The Morgan fingerprint density at radius 2 is 2.31 bits per heavy atom. The van der Waals surface area contributed by atoms with E-state index in [0.29, 0.717) is 13.0 Å². The van der Waals surface area contributed by atoms with E-state index in [0.717, 1.165) is 5.57 Å². The van der Waals surface area contributed by atoms with Crippen LogP contribution >= 0.6 is 0 Å². The summed E-state index contributed by atoms with van der Waals surface area (Å²) in [4.78, 5) is 0. The molecule has 0 spiro atoms. The van der Waals surface area contributed by atoms with E-state index in [-0.39, 0.29) is 12.2 Å². The van der Waals surface area contributed by atoms with E-state index in [4.69, 9.17) is 10.5 Å². The van der Waals surface area contributed by atoms with E-state index in [1.54, 1.807) is 6.08 Å². The van der Waals surface area contributed by atoms with Crippen LogP contribution < -0.4 is 5.73 Å². The fourth-order valence-electron chi connectivity index (χ4n) is 1.32. The summed E-state index contributed by atoms with van der Waals surface area (Å²) >= 11 is 0. The molecule has 0 heterocycles. The first kappa shape index (κ1) is 10.2. The minimum atomic E-state index is -1.56. The topological polar surface area (TPSA) is 75.7 Å². The summed E-state index contributed by atoms with van der Waals surface area (Å²) in [5.41, 5.74) is 6.35. The predicted molar refractivity (Wildman–Crippen MR) is 49.0 cm³/mol. The molecule has 74 valence electrons. The average molecular weight is 185 g/mol. The second kappa shape index (κ2) is 3.91. The Morgan fingerprint density at radius 1 is 1.62 bits per heavy atom. The minimum absolute atomic E-state index is 0.157. The van der Waals surface area contributed by atoms with Crippen molar-refractivity contribution in [1.82, 2.24) is 0 Å². The van der Waals surface area contributed by atoms with Crippen molar-refractivity contribution in [3.05, 3.63) is 23.5 Å². The van der Waals surface area contributed by atoms with Crippen molar-refractivity contribution in [2.24, 2.45) is 5.73 Å². The Labute approximate surface area is 77.3 Å². The zero-order chi connectivity index (χ0) is 9.90. The lowest BCUT2D eigenvalue weighted by Gasteiger charge is -2.29. The molecule has 0 fully saturated rings. The minimum Gasteiger partial charge on any atom is -0.507 e. The normalized spacial score (nSPS) is 28.2. The van der Waals surface area contributed by atoms with Crippen molar-refractivity contribution >= 4 is 0 Å². The quantitative estimate of drug-likeness (QED) is 0.558. The molecule has 0 saturated heterocycles. The number of nitrogens with two attached hydrogens (primary N) is 1. The highest BCUT2D eigenvalue weighted by Crippen LogP contribution is 2.29. The molecule has 1 aliphatic carbocycles. The third-order valence-corrected chi connectivity index (χ3v) is 2.15. The number of methoxy groups -OCH3 is 1. The van der Waals surface area contributed by atoms with Gasteiger partial charge in [-0.1, -0.05) is 11.6 Å². The molecule has 0 saturated carbocycles. The Kier molecular flexibility index (Phi) is 3.08. The van der Waals surface area contributed by atoms with Crippen molar-refractivity contribution in [2.75, 3.05) is 13.7 Å². The first-order valence-electron chi connectivity index (χ1n) is 4.19. The SMILES string of the molecule is COC1(O)CC(CCN)=CC=C1O. The number of aliphatic hydroxyl groups excluding tert-OH is 1. The van der Waals surface area contributed by atoms with Gasteiger partial charge in [0.2, 0.25) is 5.79 Å². The smallest absolute Gasteiger partial charge is 0.228 e. The van der Waals surface area contributed by atoms with Crippen LogP contribution in [0.3, 0.4) is 0 Å². The van der Waals surface area contributed by atoms with E-state index in [1.807, 2.05) is 0 Å². The standard InChI is InChI=1S/C9H15NO3/c1-13-9(12)6-7(4-5-10)2-3-8(9)11/h2-3,11-12H,4-6,10H2,1H3. The van der Waals surface area contributed by atoms with Crippen molar-refractivity contribution in [3.8, 4) is 0 Å². The zero-order valence-corrected chi connectivity index (χ0v) is 7.66. The third-order valence-electron chi connectivity index (χ3n) is 2.15. The van der Waals surface area contributed by atoms with Gasteiger partial charge in [0.15, 0.2) is 5.76 Å². The molecule has 1 unspecified atom stereocenters. The molecule has 4 N–H and O–H groups in total. The molecule has 0 bridgehead atoms. The lowest BCUT2D eigenvalue weighted by molar-refractivity contribution is -0.176. The van der Waals surface area contributed by atoms with E-state index in [1.165, 1.54) is 13.2 Å². The van der Waals surface area contributed by atoms with Crippen LogP contribution in [0.5, 0.6) is 0 Å². The van der Waals surface area contributed by atoms with Crippen LogP contribution in [0, 0.1) is 0 Å². The highest BCUT2D eigenvalue weighted by atomic mass is 16.6. The number of aliphatic hydroxyl groups is 2. The van der Waals surface area contributed by atoms with Gasteiger partial charge in [-0.3, -0.25) is 0 Å². The maximum Gasteiger partial charge on any atom is 0.228 e. The van der Waals surface area contributed by atoms with Crippen LogP contribution in [0.1, 0.15) is 12.8 Å². The van der Waals surface area contributed by atoms with Gasteiger partial charge in [0.25, 0.3) is 0 Å². The van der Waals surface area contributed by atoms with Gasteiger partial charge in [-0.05, 0) is 19.0 Å². The van der Waals surface area contributed by atoms with Gasteiger partial charge in [-0.25, -0.2) is 0 Å². The molecule has 13 heavy (non-hydrogen) atoms. The van der Waals surface area contributed by atoms with Gasteiger partial charge in [0.1, 0.15) is 0 Å². The Hall–Kier alpha value is -0.840. The molecular weight excluding hydrogens is 170 g/mol. The number of hydrogen-bond acceptors (Lipinski definition) is 4. The van der Waals surface area contributed by atoms with E-state index < -0.39 is 5.79 Å². The molecule has 1 rings (SSSR count). The van der Waals surface area contributed by atoms with Crippen LogP contribution in [-0.2, 0) is 4.74 Å². The van der Waals surface area contributed by atoms with E-state index >= 15 is 0 Å². The van der Waals surface area contributed by atoms with Crippen molar-refractivity contribution in [3.63, 3.8) is 0 Å². The Balaban J connectivity index is 2.77. The lowest BCUT2D eigenvalue weighted by Crippen LogP contribution is -2.35. The van der Waals surface area contributed by atoms with Crippen LogP contribution in [0.25, 0.3) is 0 Å². The molecule has 0 radical (unpaired) electrons. The monoisotopic (exact) mass is 185 g/mol. The number of allylic oxidation sites excluding steroid dienone is 2. The molecule has 0 aromatic carbocycles. The van der Waals surface area contributed by atoms with Crippen LogP contribution in [0.2, 0.25) is 0 Å². The number of hydrogen-bond donors (Lipinski definition) is 3. The lowest BCUT2D eigenvalue weighted by atomic mass is 9.95. The molecule has 0 amide bonds. The second-order valence-corrected chi connectivity index (χ2v) is 3.08. The molecule has 0 aromatic heterocycles. The van der Waals surface area contributed by atoms with Gasteiger partial charge in [0, 0.05) is 13.5 Å². The van der Waals surface area contributed by atoms with Gasteiger partial charge in [-0.15, -0.1) is 0 Å². The molecule has 4 heteroatoms. The van der Waals surface area contributed by atoms with Gasteiger partial charge in [0.05, 0.1) is 0 Å². The summed E-state index contributed by atoms with van der Waals surface area (Å²) in [6, 6.07) is 0. The Morgan fingerprint density at radius 3 is 2.85 bits per heavy atom. The summed E-state index contributed by atoms with van der Waals surface area (Å²) in [5.74, 6) is -1.71. The molecule has 1 atom stereocenters. The molecule has 4 nitrogen and oxygen atoms in total.